The number of esters is 1. The Morgan fingerprint density at radius 3 is 2.57 bits per heavy atom. The molecule has 0 unspecified atom stereocenters. The number of hydrogen-bond donors (Lipinski definition) is 1. The number of benzene rings is 1. The second-order valence-corrected chi connectivity index (χ2v) is 5.88. The lowest BCUT2D eigenvalue weighted by Gasteiger charge is -2.12. The lowest BCUT2D eigenvalue weighted by molar-refractivity contribution is -0.141. The number of ether oxygens (including phenoxy) is 3. The fraction of sp³-hybridized carbons (Fsp3) is 0.381. The molecule has 1 aromatic carbocycles. The summed E-state index contributed by atoms with van der Waals surface area (Å²) in [5, 5.41) is 8.86. The average Bonchev–Trinajstić information content (AvgIpc) is 2.66. The molecule has 150 valence electrons. The van der Waals surface area contributed by atoms with Crippen molar-refractivity contribution in [2.75, 3.05) is 19.8 Å². The van der Waals surface area contributed by atoms with Crippen molar-refractivity contribution in [3.63, 3.8) is 0 Å². The minimum Gasteiger partial charge on any atom is -0.490 e. The Labute approximate surface area is 165 Å². The first-order valence-electron chi connectivity index (χ1n) is 9.07. The van der Waals surface area contributed by atoms with Crippen LogP contribution in [0.25, 0.3) is 6.08 Å². The van der Waals surface area contributed by atoms with Crippen LogP contribution < -0.4 is 15.2 Å². The van der Waals surface area contributed by atoms with Gasteiger partial charge in [-0.05, 0) is 44.0 Å². The number of hydrogen-bond acceptors (Lipinski definition) is 7. The van der Waals surface area contributed by atoms with Crippen LogP contribution in [0.15, 0.2) is 35.5 Å². The fourth-order valence-corrected chi connectivity index (χ4v) is 2.13. The molecule has 1 aromatic rings. The number of nitriles is 1. The zero-order valence-corrected chi connectivity index (χ0v) is 16.5. The topological polar surface area (TPSA) is 112 Å². The number of rotatable bonds is 11. The summed E-state index contributed by atoms with van der Waals surface area (Å²) in [5.74, 6) is -0.113. The third kappa shape index (κ3) is 7.54. The first-order valence-corrected chi connectivity index (χ1v) is 9.07. The van der Waals surface area contributed by atoms with Crippen LogP contribution in [0, 0.1) is 11.3 Å². The zero-order valence-electron chi connectivity index (χ0n) is 16.5. The van der Waals surface area contributed by atoms with Gasteiger partial charge in [-0.1, -0.05) is 19.4 Å². The minimum absolute atomic E-state index is 0.0868. The average molecular weight is 386 g/mol. The monoisotopic (exact) mass is 386 g/mol. The van der Waals surface area contributed by atoms with E-state index in [-0.39, 0.29) is 11.3 Å². The number of Topliss-reactive ketones (excluding diaryl/α,β-unsaturated/α-hetero) is 1. The number of carbonyl (C=O) groups is 2. The van der Waals surface area contributed by atoms with Gasteiger partial charge in [0.2, 0.25) is 5.78 Å². The Morgan fingerprint density at radius 2 is 1.96 bits per heavy atom. The van der Waals surface area contributed by atoms with Gasteiger partial charge in [-0.2, -0.15) is 5.26 Å². The molecule has 0 aliphatic rings. The quantitative estimate of drug-likeness (QED) is 0.269. The number of allylic oxidation sites excluding steroid dienone is 1. The molecule has 0 radical (unpaired) electrons. The van der Waals surface area contributed by atoms with Crippen molar-refractivity contribution in [3.05, 3.63) is 41.1 Å². The van der Waals surface area contributed by atoms with Crippen molar-refractivity contribution in [1.82, 2.24) is 0 Å². The van der Waals surface area contributed by atoms with E-state index in [9.17, 15) is 9.59 Å². The van der Waals surface area contributed by atoms with E-state index in [0.29, 0.717) is 30.3 Å². The maximum absolute atomic E-state index is 11.8. The summed E-state index contributed by atoms with van der Waals surface area (Å²) in [4.78, 5) is 23.6. The Kier molecular flexibility index (Phi) is 9.90. The van der Waals surface area contributed by atoms with E-state index < -0.39 is 18.4 Å². The fourth-order valence-electron chi connectivity index (χ4n) is 2.13. The Morgan fingerprint density at radius 1 is 1.21 bits per heavy atom. The number of nitrogens with two attached hydrogens (primary N) is 1. The van der Waals surface area contributed by atoms with Gasteiger partial charge in [0.05, 0.1) is 13.2 Å². The van der Waals surface area contributed by atoms with Crippen LogP contribution >= 0.6 is 0 Å². The normalized spacial score (nSPS) is 11.5. The van der Waals surface area contributed by atoms with Gasteiger partial charge in [-0.15, -0.1) is 0 Å². The van der Waals surface area contributed by atoms with Gasteiger partial charge in [0, 0.05) is 11.8 Å². The number of unbranched alkanes of at least 4 members (excludes halogenated alkanes) is 1. The number of nitrogens with zero attached hydrogens (tertiary/aromatic N) is 1. The van der Waals surface area contributed by atoms with Gasteiger partial charge < -0.3 is 19.9 Å². The molecule has 0 spiro atoms. The van der Waals surface area contributed by atoms with Gasteiger partial charge in [-0.25, -0.2) is 4.79 Å². The Balaban J connectivity index is 2.73. The maximum Gasteiger partial charge on any atom is 0.331 e. The summed E-state index contributed by atoms with van der Waals surface area (Å²) in [6, 6.07) is 7.02. The van der Waals surface area contributed by atoms with Crippen LogP contribution in [0.1, 0.15) is 39.2 Å². The molecule has 0 fully saturated rings. The van der Waals surface area contributed by atoms with Gasteiger partial charge >= 0.3 is 5.97 Å². The van der Waals surface area contributed by atoms with Gasteiger partial charge in [0.15, 0.2) is 18.1 Å². The van der Waals surface area contributed by atoms with E-state index in [4.69, 9.17) is 25.2 Å². The molecule has 0 bridgehead atoms. The van der Waals surface area contributed by atoms with E-state index in [0.717, 1.165) is 12.8 Å². The number of ketones is 1. The van der Waals surface area contributed by atoms with E-state index in [1.54, 1.807) is 30.3 Å². The van der Waals surface area contributed by atoms with Crippen LogP contribution in [0.2, 0.25) is 0 Å². The van der Waals surface area contributed by atoms with Crippen LogP contribution in [-0.4, -0.2) is 31.6 Å². The van der Waals surface area contributed by atoms with Crippen molar-refractivity contribution >= 4 is 17.8 Å². The molecule has 0 saturated heterocycles. The number of carbonyl (C=O) groups excluding carboxylic acids is 2. The highest BCUT2D eigenvalue weighted by atomic mass is 16.5. The van der Waals surface area contributed by atoms with Crippen molar-refractivity contribution < 1.29 is 23.8 Å². The summed E-state index contributed by atoms with van der Waals surface area (Å²) in [6.45, 7) is 5.94. The highest BCUT2D eigenvalue weighted by Crippen LogP contribution is 2.29. The SMILES string of the molecule is CCCCOc1ccc(/C=C/C(=O)OCC(=O)/C(C#N)=C(/C)N)cc1OCC. The zero-order chi connectivity index (χ0) is 20.9. The summed E-state index contributed by atoms with van der Waals surface area (Å²) >= 11 is 0. The van der Waals surface area contributed by atoms with E-state index in [2.05, 4.69) is 6.92 Å². The molecule has 0 aliphatic heterocycles. The smallest absolute Gasteiger partial charge is 0.331 e. The van der Waals surface area contributed by atoms with Gasteiger partial charge in [-0.3, -0.25) is 4.79 Å². The van der Waals surface area contributed by atoms with Crippen LogP contribution in [0.5, 0.6) is 11.5 Å². The molecule has 0 saturated carbocycles. The van der Waals surface area contributed by atoms with E-state index >= 15 is 0 Å². The molecule has 0 aliphatic carbocycles. The predicted octanol–water partition coefficient (Wildman–Crippen LogP) is 3.15. The maximum atomic E-state index is 11.8. The van der Waals surface area contributed by atoms with Crippen LogP contribution in [-0.2, 0) is 14.3 Å². The molecule has 7 nitrogen and oxygen atoms in total. The lowest BCUT2D eigenvalue weighted by Crippen LogP contribution is -2.16. The third-order valence-corrected chi connectivity index (χ3v) is 3.57. The first kappa shape index (κ1) is 22.8. The van der Waals surface area contributed by atoms with Gasteiger partial charge in [0.25, 0.3) is 0 Å². The highest BCUT2D eigenvalue weighted by Gasteiger charge is 2.13. The third-order valence-electron chi connectivity index (χ3n) is 3.57. The highest BCUT2D eigenvalue weighted by molar-refractivity contribution is 6.01. The molecular weight excluding hydrogens is 360 g/mol. The molecule has 7 heteroatoms. The van der Waals surface area contributed by atoms with Gasteiger partial charge in [0.1, 0.15) is 11.6 Å². The summed E-state index contributed by atoms with van der Waals surface area (Å²) in [7, 11) is 0. The standard InChI is InChI=1S/C21H26N2O5/c1-4-6-11-27-19-9-7-16(12-20(19)26-5-2)8-10-21(25)28-14-18(24)17(13-22)15(3)23/h7-10,12H,4-6,11,14,23H2,1-3H3/b10-8+,17-15-. The predicted molar refractivity (Wildman–Crippen MR) is 106 cm³/mol. The largest absolute Gasteiger partial charge is 0.490 e. The molecule has 2 N–H and O–H groups in total. The van der Waals surface area contributed by atoms with Crippen LogP contribution in [0.4, 0.5) is 0 Å². The Bertz CT molecular complexity index is 786. The molecule has 0 amide bonds. The molecule has 28 heavy (non-hydrogen) atoms. The lowest BCUT2D eigenvalue weighted by atomic mass is 10.1. The van der Waals surface area contributed by atoms with E-state index in [1.165, 1.54) is 13.0 Å². The van der Waals surface area contributed by atoms with E-state index in [1.807, 2.05) is 6.92 Å². The second-order valence-electron chi connectivity index (χ2n) is 5.88. The Hall–Kier alpha value is -3.27. The second kappa shape index (κ2) is 12.2. The van der Waals surface area contributed by atoms with Crippen molar-refractivity contribution in [2.24, 2.45) is 5.73 Å². The molecule has 0 atom stereocenters. The summed E-state index contributed by atoms with van der Waals surface area (Å²) < 4.78 is 16.2. The van der Waals surface area contributed by atoms with Crippen molar-refractivity contribution in [3.8, 4) is 17.6 Å². The minimum atomic E-state index is -0.707. The molecule has 0 heterocycles. The molecule has 1 rings (SSSR count). The summed E-state index contributed by atoms with van der Waals surface area (Å²) in [6.07, 6.45) is 4.72. The van der Waals surface area contributed by atoms with Crippen molar-refractivity contribution in [1.29, 1.82) is 5.26 Å². The molecular formula is C21H26N2O5. The van der Waals surface area contributed by atoms with Crippen LogP contribution in [0.3, 0.4) is 0 Å². The van der Waals surface area contributed by atoms with Crippen molar-refractivity contribution in [2.45, 2.75) is 33.6 Å². The first-order chi connectivity index (χ1) is 13.4. The summed E-state index contributed by atoms with van der Waals surface area (Å²) in [5.41, 5.74) is 6.03. The molecule has 0 aromatic heterocycles.